The fourth-order valence-electron chi connectivity index (χ4n) is 5.34. The van der Waals surface area contributed by atoms with Gasteiger partial charge in [-0.15, -0.1) is 10.2 Å². The number of rotatable bonds is 3. The Morgan fingerprint density at radius 1 is 0.462 bits per heavy atom. The van der Waals surface area contributed by atoms with Crippen LogP contribution in [0.15, 0.2) is 127 Å². The monoisotopic (exact) mass is 499 g/mol. The molecule has 0 atom stereocenters. The quantitative estimate of drug-likeness (QED) is 0.231. The van der Waals surface area contributed by atoms with Crippen molar-refractivity contribution < 1.29 is 0 Å². The van der Waals surface area contributed by atoms with Gasteiger partial charge in [0.05, 0.1) is 28.1 Å². The van der Waals surface area contributed by atoms with Crippen molar-refractivity contribution in [2.24, 2.45) is 0 Å². The first-order chi connectivity index (χ1) is 19.3. The fraction of sp³-hybridized carbons (Fsp3) is 0. The van der Waals surface area contributed by atoms with Crippen LogP contribution in [-0.4, -0.2) is 25.0 Å². The molecule has 6 aromatic carbocycles. The molecule has 0 fully saturated rings. The van der Waals surface area contributed by atoms with E-state index in [-0.39, 0.29) is 0 Å². The molecule has 8 rings (SSSR count). The van der Waals surface area contributed by atoms with Crippen molar-refractivity contribution in [2.45, 2.75) is 0 Å². The van der Waals surface area contributed by atoms with Crippen LogP contribution in [0.3, 0.4) is 0 Å². The molecule has 0 bridgehead atoms. The second-order valence-corrected chi connectivity index (χ2v) is 9.63. The number of benzene rings is 6. The summed E-state index contributed by atoms with van der Waals surface area (Å²) in [5.74, 6) is 0. The largest absolute Gasteiger partial charge is 0.244 e. The summed E-state index contributed by atoms with van der Waals surface area (Å²) in [6, 6.07) is 43.3. The lowest BCUT2D eigenvalue weighted by molar-refractivity contribution is 0.766. The Labute approximate surface area is 224 Å². The third kappa shape index (κ3) is 3.55. The van der Waals surface area contributed by atoms with Gasteiger partial charge in [-0.25, -0.2) is 9.97 Å². The molecule has 2 aromatic heterocycles. The van der Waals surface area contributed by atoms with E-state index in [1.165, 1.54) is 0 Å². The number of para-hydroxylation sites is 3. The summed E-state index contributed by atoms with van der Waals surface area (Å²) in [7, 11) is 0. The third-order valence-electron chi connectivity index (χ3n) is 7.23. The van der Waals surface area contributed by atoms with Crippen molar-refractivity contribution >= 4 is 43.6 Å². The Morgan fingerprint density at radius 2 is 1.08 bits per heavy atom. The molecule has 182 valence electrons. The summed E-state index contributed by atoms with van der Waals surface area (Å²) >= 11 is 0. The van der Waals surface area contributed by atoms with Crippen LogP contribution in [0, 0.1) is 0 Å². The van der Waals surface area contributed by atoms with Gasteiger partial charge >= 0.3 is 0 Å². The molecular weight excluding hydrogens is 478 g/mol. The van der Waals surface area contributed by atoms with Crippen molar-refractivity contribution in [1.29, 1.82) is 0 Å². The predicted octanol–water partition coefficient (Wildman–Crippen LogP) is 8.00. The van der Waals surface area contributed by atoms with Crippen LogP contribution in [-0.2, 0) is 0 Å². The normalized spacial score (nSPS) is 11.6. The van der Waals surface area contributed by atoms with E-state index in [4.69, 9.17) is 20.2 Å². The van der Waals surface area contributed by atoms with Gasteiger partial charge in [0.25, 0.3) is 0 Å². The highest BCUT2D eigenvalue weighted by molar-refractivity contribution is 6.19. The molecule has 0 spiro atoms. The molecule has 0 unspecified atom stereocenters. The molecule has 8 aromatic rings. The molecule has 0 amide bonds. The average Bonchev–Trinajstić information content (AvgIpc) is 3.46. The summed E-state index contributed by atoms with van der Waals surface area (Å²) < 4.78 is 0. The first kappa shape index (κ1) is 21.6. The molecular formula is C34H21N5. The smallest absolute Gasteiger partial charge is 0.122 e. The van der Waals surface area contributed by atoms with Crippen LogP contribution in [0.25, 0.3) is 71.8 Å². The topological polar surface area (TPSA) is 56.5 Å². The van der Waals surface area contributed by atoms with Gasteiger partial charge < -0.3 is 0 Å². The maximum Gasteiger partial charge on any atom is 0.122 e. The zero-order valence-electron chi connectivity index (χ0n) is 20.9. The Bertz CT molecular complexity index is 2170. The minimum absolute atomic E-state index is 0.860. The Morgan fingerprint density at radius 3 is 1.85 bits per heavy atom. The highest BCUT2D eigenvalue weighted by atomic mass is 15.5. The highest BCUT2D eigenvalue weighted by Gasteiger charge is 2.16. The van der Waals surface area contributed by atoms with Gasteiger partial charge in [-0.2, -0.15) is 4.80 Å². The van der Waals surface area contributed by atoms with Crippen LogP contribution in [0.2, 0.25) is 0 Å². The van der Waals surface area contributed by atoms with Crippen molar-refractivity contribution in [3.63, 3.8) is 0 Å². The van der Waals surface area contributed by atoms with E-state index >= 15 is 0 Å². The van der Waals surface area contributed by atoms with Gasteiger partial charge in [0, 0.05) is 16.5 Å². The van der Waals surface area contributed by atoms with E-state index in [0.717, 1.165) is 71.8 Å². The molecule has 0 N–H and O–H groups in total. The summed E-state index contributed by atoms with van der Waals surface area (Å²) in [6.45, 7) is 0. The number of fused-ring (bicyclic) bond motifs is 6. The van der Waals surface area contributed by atoms with Gasteiger partial charge in [0.2, 0.25) is 0 Å². The van der Waals surface area contributed by atoms with Crippen LogP contribution < -0.4 is 0 Å². The summed E-state index contributed by atoms with van der Waals surface area (Å²) in [5.41, 5.74) is 8.21. The van der Waals surface area contributed by atoms with Gasteiger partial charge in [-0.1, -0.05) is 91.0 Å². The second-order valence-electron chi connectivity index (χ2n) is 9.63. The predicted molar refractivity (Wildman–Crippen MR) is 158 cm³/mol. The lowest BCUT2D eigenvalue weighted by atomic mass is 9.96. The Kier molecular flexibility index (Phi) is 4.76. The Hall–Kier alpha value is -5.42. The standard InChI is InChI=1S/C34H21N5/c1-3-9-24(10-4-1)32-33(36-29-14-8-7-13-28(29)35-32)25-18-16-22-15-17-23-19-20-30-34(31(23)27(22)21-25)38-39(37-30)26-11-5-2-6-12-26/h1-21H. The van der Waals surface area contributed by atoms with Crippen molar-refractivity contribution in [1.82, 2.24) is 25.0 Å². The molecule has 5 heteroatoms. The molecule has 0 aliphatic carbocycles. The lowest BCUT2D eigenvalue weighted by Crippen LogP contribution is -1.97. The fourth-order valence-corrected chi connectivity index (χ4v) is 5.34. The highest BCUT2D eigenvalue weighted by Crippen LogP contribution is 2.36. The summed E-state index contributed by atoms with van der Waals surface area (Å²) in [6.07, 6.45) is 0. The van der Waals surface area contributed by atoms with Crippen LogP contribution >= 0.6 is 0 Å². The van der Waals surface area contributed by atoms with Gasteiger partial charge in [-0.3, -0.25) is 0 Å². The summed E-state index contributed by atoms with van der Waals surface area (Å²) in [5, 5.41) is 14.2. The van der Waals surface area contributed by atoms with E-state index in [1.54, 1.807) is 4.80 Å². The number of hydrogen-bond acceptors (Lipinski definition) is 4. The van der Waals surface area contributed by atoms with Gasteiger partial charge in [-0.05, 0) is 52.6 Å². The SMILES string of the molecule is c1ccc(-c2nc3ccccc3nc2-c2ccc3ccc4ccc5nn(-c6ccccc6)nc5c4c3c2)cc1. The van der Waals surface area contributed by atoms with Crippen LogP contribution in [0.1, 0.15) is 0 Å². The van der Waals surface area contributed by atoms with E-state index in [2.05, 4.69) is 48.5 Å². The van der Waals surface area contributed by atoms with Crippen LogP contribution in [0.4, 0.5) is 0 Å². The Balaban J connectivity index is 1.41. The number of hydrogen-bond donors (Lipinski definition) is 0. The molecule has 2 heterocycles. The molecule has 0 saturated carbocycles. The second kappa shape index (κ2) is 8.57. The molecule has 39 heavy (non-hydrogen) atoms. The van der Waals surface area contributed by atoms with E-state index in [1.807, 2.05) is 78.9 Å². The molecule has 5 nitrogen and oxygen atoms in total. The van der Waals surface area contributed by atoms with Gasteiger partial charge in [0.15, 0.2) is 0 Å². The van der Waals surface area contributed by atoms with Crippen molar-refractivity contribution in [2.75, 3.05) is 0 Å². The van der Waals surface area contributed by atoms with E-state index in [0.29, 0.717) is 0 Å². The minimum Gasteiger partial charge on any atom is -0.244 e. The maximum absolute atomic E-state index is 5.12. The number of aromatic nitrogens is 5. The first-order valence-corrected chi connectivity index (χ1v) is 12.9. The number of nitrogens with zero attached hydrogens (tertiary/aromatic N) is 5. The van der Waals surface area contributed by atoms with Gasteiger partial charge in [0.1, 0.15) is 11.0 Å². The first-order valence-electron chi connectivity index (χ1n) is 12.9. The van der Waals surface area contributed by atoms with E-state index in [9.17, 15) is 0 Å². The molecule has 0 aliphatic rings. The average molecular weight is 500 g/mol. The molecule has 0 aliphatic heterocycles. The third-order valence-corrected chi connectivity index (χ3v) is 7.23. The summed E-state index contributed by atoms with van der Waals surface area (Å²) in [4.78, 5) is 11.9. The zero-order valence-corrected chi connectivity index (χ0v) is 20.9. The molecule has 0 radical (unpaired) electrons. The lowest BCUT2D eigenvalue weighted by Gasteiger charge is -2.12. The van der Waals surface area contributed by atoms with Crippen molar-refractivity contribution in [3.05, 3.63) is 127 Å². The zero-order chi connectivity index (χ0) is 25.8. The molecule has 0 saturated heterocycles. The minimum atomic E-state index is 0.860. The van der Waals surface area contributed by atoms with Crippen molar-refractivity contribution in [3.8, 4) is 28.2 Å². The van der Waals surface area contributed by atoms with Crippen LogP contribution in [0.5, 0.6) is 0 Å². The van der Waals surface area contributed by atoms with E-state index < -0.39 is 0 Å². The maximum atomic E-state index is 5.12.